The average Bonchev–Trinajstić information content (AvgIpc) is 3.18. The fourth-order valence-electron chi connectivity index (χ4n) is 2.77. The van der Waals surface area contributed by atoms with Gasteiger partial charge in [-0.2, -0.15) is 0 Å². The van der Waals surface area contributed by atoms with Gasteiger partial charge in [0.15, 0.2) is 5.13 Å². The van der Waals surface area contributed by atoms with Crippen molar-refractivity contribution in [1.82, 2.24) is 15.0 Å². The molecule has 0 atom stereocenters. The lowest BCUT2D eigenvalue weighted by molar-refractivity contribution is 0.398. The van der Waals surface area contributed by atoms with Gasteiger partial charge in [0.2, 0.25) is 5.88 Å². The van der Waals surface area contributed by atoms with E-state index in [-0.39, 0.29) is 0 Å². The fourth-order valence-corrected chi connectivity index (χ4v) is 3.67. The molecule has 0 radical (unpaired) electrons. The van der Waals surface area contributed by atoms with Crippen LogP contribution in [0.2, 0.25) is 5.02 Å². The molecule has 4 aromatic rings. The minimum Gasteiger partial charge on any atom is -0.481 e. The summed E-state index contributed by atoms with van der Waals surface area (Å²) in [6, 6.07) is 9.55. The number of hydrogen-bond acceptors (Lipinski definition) is 5. The second kappa shape index (κ2) is 6.38. The lowest BCUT2D eigenvalue weighted by Gasteiger charge is -2.03. The molecule has 0 saturated carbocycles. The van der Waals surface area contributed by atoms with Crippen molar-refractivity contribution in [2.45, 2.75) is 6.92 Å². The van der Waals surface area contributed by atoms with E-state index in [2.05, 4.69) is 15.3 Å². The number of nitrogens with one attached hydrogen (secondary N) is 2. The van der Waals surface area contributed by atoms with Gasteiger partial charge >= 0.3 is 0 Å². The summed E-state index contributed by atoms with van der Waals surface area (Å²) >= 11 is 7.71. The number of benzene rings is 1. The summed E-state index contributed by atoms with van der Waals surface area (Å²) < 4.78 is 5.07. The van der Waals surface area contributed by atoms with Gasteiger partial charge in [-0.15, -0.1) is 11.3 Å². The van der Waals surface area contributed by atoms with Crippen LogP contribution in [0.5, 0.6) is 5.88 Å². The number of rotatable bonds is 4. The minimum atomic E-state index is 0.580. The molecule has 5 nitrogen and oxygen atoms in total. The van der Waals surface area contributed by atoms with Crippen molar-refractivity contribution in [3.8, 4) is 17.1 Å². The van der Waals surface area contributed by atoms with Crippen molar-refractivity contribution in [3.05, 3.63) is 52.6 Å². The van der Waals surface area contributed by atoms with E-state index < -0.39 is 0 Å². The van der Waals surface area contributed by atoms with Gasteiger partial charge in [0.25, 0.3) is 0 Å². The molecule has 0 aliphatic rings. The number of thiazole rings is 1. The molecule has 0 saturated heterocycles. The lowest BCUT2D eigenvalue weighted by Crippen LogP contribution is -1.92. The summed E-state index contributed by atoms with van der Waals surface area (Å²) in [5, 5.41) is 7.90. The zero-order valence-electron chi connectivity index (χ0n) is 13.6. The zero-order chi connectivity index (χ0) is 17.4. The summed E-state index contributed by atoms with van der Waals surface area (Å²) in [5.41, 5.74) is 4.98. The number of methoxy groups -OCH3 is 1. The fraction of sp³-hybridized carbons (Fsp3) is 0.111. The highest BCUT2D eigenvalue weighted by atomic mass is 35.5. The smallest absolute Gasteiger partial charge is 0.213 e. The molecule has 3 aromatic heterocycles. The van der Waals surface area contributed by atoms with E-state index in [0.29, 0.717) is 10.9 Å². The number of aryl methyl sites for hydroxylation is 1. The third-order valence-corrected chi connectivity index (χ3v) is 4.90. The number of anilines is 2. The number of aromatic amines is 1. The molecule has 0 bridgehead atoms. The first kappa shape index (κ1) is 15.9. The zero-order valence-corrected chi connectivity index (χ0v) is 15.2. The quantitative estimate of drug-likeness (QED) is 0.504. The van der Waals surface area contributed by atoms with Gasteiger partial charge in [-0.25, -0.2) is 9.97 Å². The van der Waals surface area contributed by atoms with Crippen molar-refractivity contribution < 1.29 is 4.74 Å². The number of pyridine rings is 1. The SMILES string of the molecule is COc1ccc(Nc2nc(-c3c(C)[nH]c4ccc(Cl)cc34)cs2)cn1. The minimum absolute atomic E-state index is 0.580. The second-order valence-electron chi connectivity index (χ2n) is 5.57. The Hall–Kier alpha value is -2.57. The predicted octanol–water partition coefficient (Wildman–Crippen LogP) is 5.40. The van der Waals surface area contributed by atoms with Crippen LogP contribution in [0.4, 0.5) is 10.8 Å². The van der Waals surface area contributed by atoms with Crippen LogP contribution in [0.1, 0.15) is 5.69 Å². The number of nitrogens with zero attached hydrogens (tertiary/aromatic N) is 2. The molecule has 25 heavy (non-hydrogen) atoms. The number of halogens is 1. The Balaban J connectivity index is 1.67. The number of H-pyrrole nitrogens is 1. The van der Waals surface area contributed by atoms with Crippen molar-refractivity contribution in [2.24, 2.45) is 0 Å². The summed E-state index contributed by atoms with van der Waals surface area (Å²) in [5.74, 6) is 0.580. The maximum atomic E-state index is 6.16. The molecule has 0 unspecified atom stereocenters. The molecule has 126 valence electrons. The monoisotopic (exact) mass is 370 g/mol. The molecule has 2 N–H and O–H groups in total. The Bertz CT molecular complexity index is 1040. The molecule has 4 rings (SSSR count). The van der Waals surface area contributed by atoms with E-state index >= 15 is 0 Å². The predicted molar refractivity (Wildman–Crippen MR) is 103 cm³/mol. The average molecular weight is 371 g/mol. The van der Waals surface area contributed by atoms with Gasteiger partial charge in [-0.3, -0.25) is 0 Å². The van der Waals surface area contributed by atoms with E-state index in [4.69, 9.17) is 21.3 Å². The highest BCUT2D eigenvalue weighted by Gasteiger charge is 2.14. The Labute approximate surface area is 153 Å². The van der Waals surface area contributed by atoms with Crippen LogP contribution in [0.25, 0.3) is 22.2 Å². The first-order valence-electron chi connectivity index (χ1n) is 7.65. The highest BCUT2D eigenvalue weighted by Crippen LogP contribution is 2.35. The molecule has 0 aliphatic carbocycles. The Morgan fingerprint density at radius 3 is 2.88 bits per heavy atom. The van der Waals surface area contributed by atoms with Crippen molar-refractivity contribution in [1.29, 1.82) is 0 Å². The van der Waals surface area contributed by atoms with E-state index in [1.54, 1.807) is 24.6 Å². The summed E-state index contributed by atoms with van der Waals surface area (Å²) in [6.07, 6.45) is 1.72. The Kier molecular flexibility index (Phi) is 4.07. The summed E-state index contributed by atoms with van der Waals surface area (Å²) in [4.78, 5) is 12.3. The number of fused-ring (bicyclic) bond motifs is 1. The molecule has 0 fully saturated rings. The summed E-state index contributed by atoms with van der Waals surface area (Å²) in [7, 11) is 1.60. The number of hydrogen-bond donors (Lipinski definition) is 2. The summed E-state index contributed by atoms with van der Waals surface area (Å²) in [6.45, 7) is 2.04. The molecule has 0 aliphatic heterocycles. The standard InChI is InChI=1S/C18H15ClN4OS/c1-10-17(13-7-11(19)3-5-14(13)21-10)15-9-25-18(23-15)22-12-4-6-16(24-2)20-8-12/h3-9,21H,1-2H3,(H,22,23). The van der Waals surface area contributed by atoms with Crippen LogP contribution in [0.15, 0.2) is 41.9 Å². The van der Waals surface area contributed by atoms with Crippen LogP contribution < -0.4 is 10.1 Å². The van der Waals surface area contributed by atoms with E-state index in [0.717, 1.165) is 38.7 Å². The maximum absolute atomic E-state index is 6.16. The van der Waals surface area contributed by atoms with E-state index in [1.165, 1.54) is 0 Å². The topological polar surface area (TPSA) is 62.8 Å². The molecule has 0 amide bonds. The molecular weight excluding hydrogens is 356 g/mol. The van der Waals surface area contributed by atoms with Gasteiger partial charge < -0.3 is 15.0 Å². The van der Waals surface area contributed by atoms with Gasteiger partial charge in [0, 0.05) is 38.6 Å². The third kappa shape index (κ3) is 3.06. The van der Waals surface area contributed by atoms with Crippen LogP contribution in [0.3, 0.4) is 0 Å². The molecule has 3 heterocycles. The van der Waals surface area contributed by atoms with Crippen LogP contribution in [-0.4, -0.2) is 22.1 Å². The van der Waals surface area contributed by atoms with Crippen molar-refractivity contribution >= 4 is 44.7 Å². The highest BCUT2D eigenvalue weighted by molar-refractivity contribution is 7.14. The molecule has 0 spiro atoms. The van der Waals surface area contributed by atoms with Crippen molar-refractivity contribution in [3.63, 3.8) is 0 Å². The first-order valence-corrected chi connectivity index (χ1v) is 8.90. The van der Waals surface area contributed by atoms with Crippen molar-refractivity contribution in [2.75, 3.05) is 12.4 Å². The van der Waals surface area contributed by atoms with Crippen LogP contribution >= 0.6 is 22.9 Å². The van der Waals surface area contributed by atoms with Gasteiger partial charge in [-0.05, 0) is 31.2 Å². The number of aromatic nitrogens is 3. The third-order valence-electron chi connectivity index (χ3n) is 3.91. The first-order chi connectivity index (χ1) is 12.1. The number of ether oxygens (including phenoxy) is 1. The maximum Gasteiger partial charge on any atom is 0.213 e. The molecule has 1 aromatic carbocycles. The second-order valence-corrected chi connectivity index (χ2v) is 6.86. The molecular formula is C18H15ClN4OS. The van der Waals surface area contributed by atoms with Gasteiger partial charge in [-0.1, -0.05) is 11.6 Å². The van der Waals surface area contributed by atoms with Gasteiger partial charge in [0.05, 0.1) is 24.7 Å². The van der Waals surface area contributed by atoms with Gasteiger partial charge in [0.1, 0.15) is 0 Å². The van der Waals surface area contributed by atoms with Crippen LogP contribution in [-0.2, 0) is 0 Å². The lowest BCUT2D eigenvalue weighted by atomic mass is 10.1. The largest absolute Gasteiger partial charge is 0.481 e. The van der Waals surface area contributed by atoms with E-state index in [1.807, 2.05) is 42.6 Å². The Morgan fingerprint density at radius 1 is 1.24 bits per heavy atom. The van der Waals surface area contributed by atoms with Crippen LogP contribution in [0, 0.1) is 6.92 Å². The normalized spacial score (nSPS) is 11.0. The van der Waals surface area contributed by atoms with E-state index in [9.17, 15) is 0 Å². The molecule has 7 heteroatoms. The Morgan fingerprint density at radius 2 is 2.12 bits per heavy atom.